The lowest BCUT2D eigenvalue weighted by Gasteiger charge is -2.18. The molecule has 334 valence electrons. The molecule has 0 aromatic rings. The van der Waals surface area contributed by atoms with Crippen LogP contribution in [-0.4, -0.2) is 110 Å². The summed E-state index contributed by atoms with van der Waals surface area (Å²) in [5.74, 6) is -0.115. The van der Waals surface area contributed by atoms with Crippen LogP contribution in [0.2, 0.25) is 0 Å². The lowest BCUT2D eigenvalue weighted by Crippen LogP contribution is -2.27. The van der Waals surface area contributed by atoms with E-state index >= 15 is 0 Å². The molecule has 1 unspecified atom stereocenters. The van der Waals surface area contributed by atoms with E-state index in [4.69, 9.17) is 43.6 Å². The fourth-order valence-corrected chi connectivity index (χ4v) is 6.11. The van der Waals surface area contributed by atoms with Crippen molar-refractivity contribution < 1.29 is 47.5 Å². The maximum atomic E-state index is 12.0. The SMILES string of the molecule is CCCCCCCCCOC(=O)CCCCCCCOCC(COCCOCCOCCOCCN)OCCCCCCCC(=O)OCCCCCCCCC. The summed E-state index contributed by atoms with van der Waals surface area (Å²) in [7, 11) is 0. The lowest BCUT2D eigenvalue weighted by molar-refractivity contribution is -0.144. The molecule has 0 amide bonds. The average molecular weight is 804 g/mol. The fraction of sp³-hybridized carbons (Fsp3) is 0.956. The number of ether oxygens (including phenoxy) is 8. The van der Waals surface area contributed by atoms with E-state index < -0.39 is 0 Å². The van der Waals surface area contributed by atoms with Gasteiger partial charge in [0.15, 0.2) is 0 Å². The van der Waals surface area contributed by atoms with Crippen molar-refractivity contribution in [2.75, 3.05) is 92.4 Å². The Hall–Kier alpha value is -1.34. The van der Waals surface area contributed by atoms with Crippen LogP contribution >= 0.6 is 0 Å². The van der Waals surface area contributed by atoms with Crippen molar-refractivity contribution in [3.8, 4) is 0 Å². The molecule has 0 aromatic heterocycles. The van der Waals surface area contributed by atoms with E-state index in [1.807, 2.05) is 0 Å². The van der Waals surface area contributed by atoms with Crippen molar-refractivity contribution in [1.29, 1.82) is 0 Å². The van der Waals surface area contributed by atoms with Crippen LogP contribution in [0.5, 0.6) is 0 Å². The third kappa shape index (κ3) is 45.4. The third-order valence-electron chi connectivity index (χ3n) is 9.56. The minimum absolute atomic E-state index is 0.0559. The quantitative estimate of drug-likeness (QED) is 0.0466. The summed E-state index contributed by atoms with van der Waals surface area (Å²) in [5.41, 5.74) is 5.40. The van der Waals surface area contributed by atoms with Crippen LogP contribution < -0.4 is 5.73 Å². The van der Waals surface area contributed by atoms with E-state index in [1.165, 1.54) is 64.2 Å². The highest BCUT2D eigenvalue weighted by Crippen LogP contribution is 2.11. The second-order valence-electron chi connectivity index (χ2n) is 15.0. The summed E-state index contributed by atoms with van der Waals surface area (Å²) in [6, 6.07) is 0. The largest absolute Gasteiger partial charge is 0.466 e. The van der Waals surface area contributed by atoms with E-state index in [9.17, 15) is 9.59 Å². The molecule has 0 bridgehead atoms. The predicted octanol–water partition coefficient (Wildman–Crippen LogP) is 9.68. The number of unbranched alkanes of at least 4 members (excludes halogenated alkanes) is 20. The lowest BCUT2D eigenvalue weighted by atomic mass is 10.1. The normalized spacial score (nSPS) is 12.0. The van der Waals surface area contributed by atoms with Crippen molar-refractivity contribution in [1.82, 2.24) is 0 Å². The zero-order valence-corrected chi connectivity index (χ0v) is 36.5. The van der Waals surface area contributed by atoms with Crippen molar-refractivity contribution in [3.63, 3.8) is 0 Å². The Balaban J connectivity index is 4.05. The molecule has 0 aliphatic heterocycles. The Morgan fingerprint density at radius 2 is 0.714 bits per heavy atom. The summed E-state index contributed by atoms with van der Waals surface area (Å²) in [6.45, 7) is 12.0. The Bertz CT molecular complexity index is 790. The molecule has 56 heavy (non-hydrogen) atoms. The number of rotatable bonds is 48. The van der Waals surface area contributed by atoms with E-state index in [-0.39, 0.29) is 18.0 Å². The molecule has 0 rings (SSSR count). The number of nitrogens with two attached hydrogens (primary N) is 1. The van der Waals surface area contributed by atoms with Crippen molar-refractivity contribution in [2.45, 2.75) is 187 Å². The number of carbonyl (C=O) groups excluding carboxylic acids is 2. The summed E-state index contributed by atoms with van der Waals surface area (Å²) in [6.07, 6.45) is 28.1. The molecule has 11 heteroatoms. The molecule has 0 saturated heterocycles. The molecule has 0 aliphatic carbocycles. The smallest absolute Gasteiger partial charge is 0.305 e. The van der Waals surface area contributed by atoms with E-state index in [0.717, 1.165) is 89.9 Å². The highest BCUT2D eigenvalue weighted by Gasteiger charge is 2.11. The first-order chi connectivity index (χ1) is 27.6. The molecule has 0 radical (unpaired) electrons. The minimum Gasteiger partial charge on any atom is -0.466 e. The van der Waals surface area contributed by atoms with Crippen molar-refractivity contribution in [3.05, 3.63) is 0 Å². The van der Waals surface area contributed by atoms with Crippen LogP contribution in [0, 0.1) is 0 Å². The number of carbonyl (C=O) groups is 2. The van der Waals surface area contributed by atoms with Gasteiger partial charge in [0.05, 0.1) is 72.7 Å². The van der Waals surface area contributed by atoms with Crippen LogP contribution in [-0.2, 0) is 47.5 Å². The first-order valence-corrected chi connectivity index (χ1v) is 23.2. The second kappa shape index (κ2) is 48.0. The van der Waals surface area contributed by atoms with Crippen LogP contribution in [0.4, 0.5) is 0 Å². The number of hydrogen-bond acceptors (Lipinski definition) is 11. The van der Waals surface area contributed by atoms with Gasteiger partial charge in [0.1, 0.15) is 6.10 Å². The molecule has 1 atom stereocenters. The number of hydrogen-bond donors (Lipinski definition) is 1. The van der Waals surface area contributed by atoms with Gasteiger partial charge in [0, 0.05) is 32.6 Å². The van der Waals surface area contributed by atoms with Gasteiger partial charge in [-0.25, -0.2) is 0 Å². The van der Waals surface area contributed by atoms with E-state index in [0.29, 0.717) is 105 Å². The standard InChI is InChI=1S/C45H89NO10/c1-3-5-7-9-11-18-25-32-55-44(47)27-21-15-13-17-23-30-52-41-43(42-53-40-39-51-38-37-50-36-35-49-34-29-46)54-31-24-20-14-16-22-28-45(48)56-33-26-19-12-10-8-6-4-2/h43H,3-42,46H2,1-2H3. The maximum Gasteiger partial charge on any atom is 0.305 e. The topological polar surface area (TPSA) is 134 Å². The van der Waals surface area contributed by atoms with Crippen molar-refractivity contribution in [2.24, 2.45) is 5.73 Å². The van der Waals surface area contributed by atoms with Gasteiger partial charge in [-0.05, 0) is 38.5 Å². The summed E-state index contributed by atoms with van der Waals surface area (Å²) in [5, 5.41) is 0. The van der Waals surface area contributed by atoms with Gasteiger partial charge in [-0.1, -0.05) is 129 Å². The van der Waals surface area contributed by atoms with Gasteiger partial charge in [-0.2, -0.15) is 0 Å². The van der Waals surface area contributed by atoms with Crippen molar-refractivity contribution >= 4 is 11.9 Å². The molecular weight excluding hydrogens is 714 g/mol. The molecule has 0 aromatic carbocycles. The molecule has 0 aliphatic rings. The van der Waals surface area contributed by atoms with Crippen LogP contribution in [0.3, 0.4) is 0 Å². The van der Waals surface area contributed by atoms with E-state index in [1.54, 1.807) is 0 Å². The van der Waals surface area contributed by atoms with Crippen LogP contribution in [0.15, 0.2) is 0 Å². The molecular formula is C45H89NO10. The minimum atomic E-state index is -0.134. The van der Waals surface area contributed by atoms with Gasteiger partial charge in [-0.3, -0.25) is 9.59 Å². The monoisotopic (exact) mass is 804 g/mol. The fourth-order valence-electron chi connectivity index (χ4n) is 6.11. The molecule has 0 fully saturated rings. The molecule has 0 saturated carbocycles. The zero-order chi connectivity index (χ0) is 40.7. The Labute approximate surface area is 343 Å². The molecule has 2 N–H and O–H groups in total. The zero-order valence-electron chi connectivity index (χ0n) is 36.5. The second-order valence-corrected chi connectivity index (χ2v) is 15.0. The van der Waals surface area contributed by atoms with Gasteiger partial charge >= 0.3 is 11.9 Å². The predicted molar refractivity (Wildman–Crippen MR) is 226 cm³/mol. The maximum absolute atomic E-state index is 12.0. The highest BCUT2D eigenvalue weighted by atomic mass is 16.6. The Kier molecular flexibility index (Phi) is 46.9. The van der Waals surface area contributed by atoms with Gasteiger partial charge in [0.2, 0.25) is 0 Å². The van der Waals surface area contributed by atoms with Gasteiger partial charge in [-0.15, -0.1) is 0 Å². The highest BCUT2D eigenvalue weighted by molar-refractivity contribution is 5.69. The van der Waals surface area contributed by atoms with E-state index in [2.05, 4.69) is 13.8 Å². The first kappa shape index (κ1) is 54.7. The molecule has 11 nitrogen and oxygen atoms in total. The molecule has 0 heterocycles. The third-order valence-corrected chi connectivity index (χ3v) is 9.56. The average Bonchev–Trinajstić information content (AvgIpc) is 3.20. The summed E-state index contributed by atoms with van der Waals surface area (Å²) >= 11 is 0. The summed E-state index contributed by atoms with van der Waals surface area (Å²) < 4.78 is 45.2. The Morgan fingerprint density at radius 3 is 1.16 bits per heavy atom. The Morgan fingerprint density at radius 1 is 0.375 bits per heavy atom. The van der Waals surface area contributed by atoms with Gasteiger partial charge in [0.25, 0.3) is 0 Å². The van der Waals surface area contributed by atoms with Crippen LogP contribution in [0.1, 0.15) is 181 Å². The number of esters is 2. The molecule has 0 spiro atoms. The summed E-state index contributed by atoms with van der Waals surface area (Å²) in [4.78, 5) is 24.0. The van der Waals surface area contributed by atoms with Gasteiger partial charge < -0.3 is 43.6 Å². The van der Waals surface area contributed by atoms with Crippen LogP contribution in [0.25, 0.3) is 0 Å². The first-order valence-electron chi connectivity index (χ1n) is 23.2.